The Bertz CT molecular complexity index is 500. The predicted octanol–water partition coefficient (Wildman–Crippen LogP) is 3.62. The van der Waals surface area contributed by atoms with Gasteiger partial charge in [-0.1, -0.05) is 26.7 Å². The predicted molar refractivity (Wildman–Crippen MR) is 97.5 cm³/mol. The van der Waals surface area contributed by atoms with Crippen LogP contribution in [0.3, 0.4) is 0 Å². The molecule has 4 saturated carbocycles. The second-order valence-electron chi connectivity index (χ2n) is 9.90. The van der Waals surface area contributed by atoms with Crippen LogP contribution in [0.1, 0.15) is 78.1 Å². The molecule has 4 unspecified atom stereocenters. The van der Waals surface area contributed by atoms with Gasteiger partial charge in [0.25, 0.3) is 0 Å². The van der Waals surface area contributed by atoms with Gasteiger partial charge in [-0.05, 0) is 74.0 Å². The van der Waals surface area contributed by atoms with Crippen molar-refractivity contribution in [3.8, 4) is 0 Å². The van der Waals surface area contributed by atoms with Gasteiger partial charge in [-0.2, -0.15) is 5.48 Å². The van der Waals surface area contributed by atoms with Crippen LogP contribution in [0.2, 0.25) is 0 Å². The van der Waals surface area contributed by atoms with Gasteiger partial charge in [0.1, 0.15) is 0 Å². The van der Waals surface area contributed by atoms with Crippen LogP contribution in [0.25, 0.3) is 0 Å². The molecule has 25 heavy (non-hydrogen) atoms. The van der Waals surface area contributed by atoms with Crippen molar-refractivity contribution in [1.82, 2.24) is 5.48 Å². The van der Waals surface area contributed by atoms with Gasteiger partial charge in [-0.25, -0.2) is 0 Å². The van der Waals surface area contributed by atoms with E-state index in [1.807, 2.05) is 0 Å². The Morgan fingerprint density at radius 2 is 1.76 bits per heavy atom. The third-order valence-electron chi connectivity index (χ3n) is 9.11. The van der Waals surface area contributed by atoms with E-state index in [0.717, 1.165) is 37.0 Å². The lowest BCUT2D eigenvalue weighted by Gasteiger charge is -2.61. The van der Waals surface area contributed by atoms with Crippen LogP contribution in [0.5, 0.6) is 0 Å². The first-order valence-corrected chi connectivity index (χ1v) is 10.7. The summed E-state index contributed by atoms with van der Waals surface area (Å²) in [5, 5.41) is 20.3. The molecule has 0 amide bonds. The van der Waals surface area contributed by atoms with Crippen LogP contribution >= 0.6 is 0 Å². The molecule has 0 aliphatic heterocycles. The molecule has 4 aliphatic carbocycles. The molecular weight excluding hydrogens is 314 g/mol. The molecule has 144 valence electrons. The summed E-state index contributed by atoms with van der Waals surface area (Å²) in [7, 11) is 0. The summed E-state index contributed by atoms with van der Waals surface area (Å²) in [5.74, 6) is 2.04. The Balaban J connectivity index is 1.55. The molecule has 4 heteroatoms. The Hall–Kier alpha value is -0.160. The van der Waals surface area contributed by atoms with Crippen molar-refractivity contribution in [2.24, 2.45) is 34.5 Å². The van der Waals surface area contributed by atoms with Gasteiger partial charge in [-0.3, -0.25) is 4.84 Å². The van der Waals surface area contributed by atoms with E-state index in [0.29, 0.717) is 17.9 Å². The highest BCUT2D eigenvalue weighted by molar-refractivity contribution is 5.11. The van der Waals surface area contributed by atoms with E-state index in [1.54, 1.807) is 0 Å². The second kappa shape index (κ2) is 6.47. The molecule has 0 aromatic rings. The topological polar surface area (TPSA) is 61.7 Å². The fourth-order valence-electron chi connectivity index (χ4n) is 7.65. The van der Waals surface area contributed by atoms with Crippen LogP contribution in [0.4, 0.5) is 0 Å². The maximum Gasteiger partial charge on any atom is 0.190 e. The van der Waals surface area contributed by atoms with Crippen LogP contribution in [-0.2, 0) is 4.84 Å². The normalized spacial score (nSPS) is 52.3. The largest absolute Gasteiger partial charge is 0.395 e. The molecule has 4 nitrogen and oxygen atoms in total. The third kappa shape index (κ3) is 2.62. The molecular formula is C21H37NO3. The summed E-state index contributed by atoms with van der Waals surface area (Å²) in [6.07, 6.45) is 12.6. The number of aliphatic hydroxyl groups is 2. The Morgan fingerprint density at radius 3 is 2.56 bits per heavy atom. The fraction of sp³-hybridized carbons (Fsp3) is 1.00. The standard InChI is InChI=1S/C21H37NO3/c1-19-10-4-3-5-15(19)6-7-16-17(19)8-11-20(2)18(16)9-12-21(20,24)25-22-13-14-23/h15-18,22-24H,3-14H2,1-2H3/t15?,16?,17?,18?,19-,20-,21+/m0/s1. The minimum atomic E-state index is -1.08. The first-order valence-electron chi connectivity index (χ1n) is 10.7. The lowest BCUT2D eigenvalue weighted by molar-refractivity contribution is -0.304. The summed E-state index contributed by atoms with van der Waals surface area (Å²) in [4.78, 5) is 5.76. The maximum absolute atomic E-state index is 11.3. The number of hydrogen-bond acceptors (Lipinski definition) is 4. The number of rotatable bonds is 4. The van der Waals surface area contributed by atoms with Gasteiger partial charge in [0, 0.05) is 18.4 Å². The van der Waals surface area contributed by atoms with E-state index in [9.17, 15) is 5.11 Å². The first-order chi connectivity index (χ1) is 11.9. The second-order valence-corrected chi connectivity index (χ2v) is 9.90. The van der Waals surface area contributed by atoms with Crippen molar-refractivity contribution in [3.05, 3.63) is 0 Å². The van der Waals surface area contributed by atoms with Gasteiger partial charge >= 0.3 is 0 Å². The van der Waals surface area contributed by atoms with Gasteiger partial charge in [-0.15, -0.1) is 0 Å². The van der Waals surface area contributed by atoms with Crippen molar-refractivity contribution in [3.63, 3.8) is 0 Å². The van der Waals surface area contributed by atoms with Crippen LogP contribution in [-0.4, -0.2) is 29.2 Å². The molecule has 0 radical (unpaired) electrons. The molecule has 4 rings (SSSR count). The van der Waals surface area contributed by atoms with E-state index < -0.39 is 5.79 Å². The molecule has 0 bridgehead atoms. The monoisotopic (exact) mass is 351 g/mol. The third-order valence-corrected chi connectivity index (χ3v) is 9.11. The molecule has 0 saturated heterocycles. The number of aliphatic hydroxyl groups excluding tert-OH is 1. The zero-order valence-electron chi connectivity index (χ0n) is 16.1. The van der Waals surface area contributed by atoms with Crippen LogP contribution in [0, 0.1) is 34.5 Å². The smallest absolute Gasteiger partial charge is 0.190 e. The summed E-state index contributed by atoms with van der Waals surface area (Å²) < 4.78 is 0. The number of nitrogens with one attached hydrogen (secondary N) is 1. The Kier molecular flexibility index (Phi) is 4.71. The molecule has 0 aromatic carbocycles. The molecule has 4 aliphatic rings. The average Bonchev–Trinajstić information content (AvgIpc) is 2.86. The summed E-state index contributed by atoms with van der Waals surface area (Å²) in [6, 6.07) is 0. The SMILES string of the molecule is C[C@]12CCCCC1CCC1C2CC[C@@]2(C)C1CC[C@@]2(O)ONCCO. The fourth-order valence-corrected chi connectivity index (χ4v) is 7.65. The van der Waals surface area contributed by atoms with Gasteiger partial charge in [0.05, 0.1) is 6.61 Å². The zero-order valence-corrected chi connectivity index (χ0v) is 16.1. The molecule has 4 fully saturated rings. The minimum Gasteiger partial charge on any atom is -0.395 e. The first kappa shape index (κ1) is 18.2. The quantitative estimate of drug-likeness (QED) is 0.411. The van der Waals surface area contributed by atoms with E-state index in [2.05, 4.69) is 19.3 Å². The van der Waals surface area contributed by atoms with E-state index in [1.165, 1.54) is 44.9 Å². The number of hydroxylamine groups is 1. The average molecular weight is 352 g/mol. The molecule has 0 aromatic heterocycles. The van der Waals surface area contributed by atoms with E-state index in [-0.39, 0.29) is 12.0 Å². The lowest BCUT2D eigenvalue weighted by Crippen LogP contribution is -2.57. The number of hydrogen-bond donors (Lipinski definition) is 3. The van der Waals surface area contributed by atoms with Crippen molar-refractivity contribution in [2.75, 3.05) is 13.2 Å². The summed E-state index contributed by atoms with van der Waals surface area (Å²) >= 11 is 0. The van der Waals surface area contributed by atoms with Gasteiger partial charge in [0.2, 0.25) is 0 Å². The summed E-state index contributed by atoms with van der Waals surface area (Å²) in [5.41, 5.74) is 3.18. The van der Waals surface area contributed by atoms with E-state index in [4.69, 9.17) is 9.94 Å². The Morgan fingerprint density at radius 1 is 0.960 bits per heavy atom. The molecule has 3 N–H and O–H groups in total. The highest BCUT2D eigenvalue weighted by Gasteiger charge is 2.65. The zero-order chi connectivity index (χ0) is 17.7. The molecule has 7 atom stereocenters. The van der Waals surface area contributed by atoms with Crippen LogP contribution < -0.4 is 5.48 Å². The van der Waals surface area contributed by atoms with Crippen molar-refractivity contribution in [2.45, 2.75) is 83.8 Å². The van der Waals surface area contributed by atoms with Gasteiger partial charge in [0.15, 0.2) is 5.79 Å². The molecule has 0 spiro atoms. The summed E-state index contributed by atoms with van der Waals surface area (Å²) in [6.45, 7) is 5.25. The minimum absolute atomic E-state index is 0.0284. The Labute approximate surface area is 152 Å². The highest BCUT2D eigenvalue weighted by atomic mass is 16.7. The van der Waals surface area contributed by atoms with Crippen molar-refractivity contribution < 1.29 is 15.1 Å². The highest BCUT2D eigenvalue weighted by Crippen LogP contribution is 2.68. The maximum atomic E-state index is 11.3. The molecule has 0 heterocycles. The number of fused-ring (bicyclic) bond motifs is 5. The van der Waals surface area contributed by atoms with Crippen LogP contribution in [0.15, 0.2) is 0 Å². The van der Waals surface area contributed by atoms with Crippen molar-refractivity contribution >= 4 is 0 Å². The lowest BCUT2D eigenvalue weighted by atomic mass is 9.45. The van der Waals surface area contributed by atoms with E-state index >= 15 is 0 Å². The van der Waals surface area contributed by atoms with Crippen molar-refractivity contribution in [1.29, 1.82) is 0 Å². The van der Waals surface area contributed by atoms with Gasteiger partial charge < -0.3 is 10.2 Å².